The zero-order valence-corrected chi connectivity index (χ0v) is 19.1. The minimum absolute atomic E-state index is 0.630. The first kappa shape index (κ1) is 22.2. The monoisotopic (exact) mass is 432 g/mol. The molecule has 0 saturated carbocycles. The third-order valence-electron chi connectivity index (χ3n) is 5.29. The molecule has 0 spiro atoms. The zero-order valence-electron chi connectivity index (χ0n) is 18.3. The molecule has 8 heteroatoms. The van der Waals surface area contributed by atoms with E-state index in [1.807, 2.05) is 19.2 Å². The summed E-state index contributed by atoms with van der Waals surface area (Å²) in [5, 5.41) is 7.82. The second kappa shape index (κ2) is 11.1. The Morgan fingerprint density at radius 1 is 1.03 bits per heavy atom. The lowest BCUT2D eigenvalue weighted by molar-refractivity contribution is 0.172. The SMILES string of the molecule is CN=C(NCCc1ccsc1)N1CCN(Cc2cc(OC)c(OC)c(OC)c2)CC1. The second-order valence-corrected chi connectivity index (χ2v) is 7.93. The van der Waals surface area contributed by atoms with E-state index >= 15 is 0 Å². The van der Waals surface area contributed by atoms with Crippen LogP contribution in [-0.2, 0) is 13.0 Å². The summed E-state index contributed by atoms with van der Waals surface area (Å²) < 4.78 is 16.4. The fraction of sp³-hybridized carbons (Fsp3) is 0.500. The number of hydrogen-bond acceptors (Lipinski definition) is 6. The van der Waals surface area contributed by atoms with E-state index in [4.69, 9.17) is 14.2 Å². The maximum atomic E-state index is 5.48. The maximum absolute atomic E-state index is 5.48. The van der Waals surface area contributed by atoms with Crippen LogP contribution in [0.3, 0.4) is 0 Å². The van der Waals surface area contributed by atoms with Crippen molar-refractivity contribution in [3.63, 3.8) is 0 Å². The van der Waals surface area contributed by atoms with Gasteiger partial charge in [0.25, 0.3) is 0 Å². The van der Waals surface area contributed by atoms with Crippen LogP contribution in [0.5, 0.6) is 17.2 Å². The third-order valence-corrected chi connectivity index (χ3v) is 6.02. The minimum Gasteiger partial charge on any atom is -0.493 e. The largest absolute Gasteiger partial charge is 0.493 e. The molecule has 1 aliphatic rings. The molecule has 1 N–H and O–H groups in total. The van der Waals surface area contributed by atoms with Gasteiger partial charge in [-0.15, -0.1) is 0 Å². The number of thiophene rings is 1. The predicted molar refractivity (Wildman–Crippen MR) is 122 cm³/mol. The van der Waals surface area contributed by atoms with Gasteiger partial charge in [0.15, 0.2) is 17.5 Å². The van der Waals surface area contributed by atoms with Crippen molar-refractivity contribution < 1.29 is 14.2 Å². The summed E-state index contributed by atoms with van der Waals surface area (Å²) in [5.41, 5.74) is 2.52. The van der Waals surface area contributed by atoms with E-state index in [-0.39, 0.29) is 0 Å². The van der Waals surface area contributed by atoms with Gasteiger partial charge in [-0.25, -0.2) is 0 Å². The van der Waals surface area contributed by atoms with Crippen LogP contribution in [-0.4, -0.2) is 76.9 Å². The van der Waals surface area contributed by atoms with E-state index < -0.39 is 0 Å². The Bertz CT molecular complexity index is 793. The second-order valence-electron chi connectivity index (χ2n) is 7.15. The van der Waals surface area contributed by atoms with E-state index in [0.717, 1.165) is 57.2 Å². The fourth-order valence-electron chi connectivity index (χ4n) is 3.69. The minimum atomic E-state index is 0.630. The Balaban J connectivity index is 1.52. The lowest BCUT2D eigenvalue weighted by Gasteiger charge is -2.36. The molecule has 0 aliphatic carbocycles. The first-order valence-electron chi connectivity index (χ1n) is 10.2. The van der Waals surface area contributed by atoms with Crippen molar-refractivity contribution in [2.24, 2.45) is 4.99 Å². The number of nitrogens with one attached hydrogen (secondary N) is 1. The number of ether oxygens (including phenoxy) is 3. The molecule has 1 aliphatic heterocycles. The van der Waals surface area contributed by atoms with Gasteiger partial charge in [0, 0.05) is 46.3 Å². The van der Waals surface area contributed by atoms with Crippen molar-refractivity contribution >= 4 is 17.3 Å². The first-order chi connectivity index (χ1) is 14.7. The number of guanidine groups is 1. The van der Waals surface area contributed by atoms with Crippen molar-refractivity contribution in [2.75, 3.05) is 61.1 Å². The summed E-state index contributed by atoms with van der Waals surface area (Å²) in [5.74, 6) is 3.00. The molecule has 3 rings (SSSR count). The number of methoxy groups -OCH3 is 3. The maximum Gasteiger partial charge on any atom is 0.203 e. The molecule has 0 unspecified atom stereocenters. The van der Waals surface area contributed by atoms with Crippen LogP contribution in [0.2, 0.25) is 0 Å². The summed E-state index contributed by atoms with van der Waals surface area (Å²) >= 11 is 1.74. The van der Waals surface area contributed by atoms with Gasteiger partial charge in [0.2, 0.25) is 5.75 Å². The Morgan fingerprint density at radius 2 is 1.73 bits per heavy atom. The predicted octanol–water partition coefficient (Wildman–Crippen LogP) is 2.71. The quantitative estimate of drug-likeness (QED) is 0.511. The van der Waals surface area contributed by atoms with E-state index in [0.29, 0.717) is 17.2 Å². The average Bonchev–Trinajstić information content (AvgIpc) is 3.30. The first-order valence-corrected chi connectivity index (χ1v) is 11.1. The number of benzene rings is 1. The van der Waals surface area contributed by atoms with E-state index in [1.165, 1.54) is 5.56 Å². The molecule has 2 aromatic rings. The molecular formula is C22H32N4O3S. The Labute approximate surface area is 183 Å². The van der Waals surface area contributed by atoms with Crippen molar-refractivity contribution in [3.8, 4) is 17.2 Å². The van der Waals surface area contributed by atoms with E-state index in [2.05, 4.69) is 36.9 Å². The third kappa shape index (κ3) is 5.58. The summed E-state index contributed by atoms with van der Waals surface area (Å²) in [6.45, 7) is 5.58. The highest BCUT2D eigenvalue weighted by Gasteiger charge is 2.21. The van der Waals surface area contributed by atoms with Crippen LogP contribution in [0.4, 0.5) is 0 Å². The van der Waals surface area contributed by atoms with E-state index in [9.17, 15) is 0 Å². The van der Waals surface area contributed by atoms with Crippen LogP contribution in [0, 0.1) is 0 Å². The van der Waals surface area contributed by atoms with Crippen molar-refractivity contribution in [3.05, 3.63) is 40.1 Å². The molecule has 0 bridgehead atoms. The van der Waals surface area contributed by atoms with Gasteiger partial charge in [-0.2, -0.15) is 11.3 Å². The van der Waals surface area contributed by atoms with Gasteiger partial charge in [-0.3, -0.25) is 9.89 Å². The lowest BCUT2D eigenvalue weighted by Crippen LogP contribution is -2.52. The number of nitrogens with zero attached hydrogens (tertiary/aromatic N) is 3. The smallest absolute Gasteiger partial charge is 0.203 e. The fourth-order valence-corrected chi connectivity index (χ4v) is 4.39. The summed E-state index contributed by atoms with van der Waals surface area (Å²) in [4.78, 5) is 9.25. The average molecular weight is 433 g/mol. The highest BCUT2D eigenvalue weighted by molar-refractivity contribution is 7.07. The van der Waals surface area contributed by atoms with Crippen LogP contribution < -0.4 is 19.5 Å². The number of hydrogen-bond donors (Lipinski definition) is 1. The molecule has 0 amide bonds. The zero-order chi connectivity index (χ0) is 21.3. The molecular weight excluding hydrogens is 400 g/mol. The van der Waals surface area contributed by atoms with Gasteiger partial charge in [-0.1, -0.05) is 0 Å². The number of rotatable bonds is 8. The highest BCUT2D eigenvalue weighted by atomic mass is 32.1. The normalized spacial score (nSPS) is 15.2. The standard InChI is InChI=1S/C22H32N4O3S/c1-23-22(24-7-5-17-6-12-30-16-17)26-10-8-25(9-11-26)15-18-13-19(27-2)21(29-4)20(14-18)28-3/h6,12-14,16H,5,7-11,15H2,1-4H3,(H,23,24). The lowest BCUT2D eigenvalue weighted by atomic mass is 10.1. The number of piperazine rings is 1. The summed E-state index contributed by atoms with van der Waals surface area (Å²) in [7, 11) is 6.78. The molecule has 1 saturated heterocycles. The summed E-state index contributed by atoms with van der Waals surface area (Å²) in [6, 6.07) is 6.23. The van der Waals surface area contributed by atoms with Gasteiger partial charge < -0.3 is 24.4 Å². The van der Waals surface area contributed by atoms with Gasteiger partial charge in [0.1, 0.15) is 0 Å². The summed E-state index contributed by atoms with van der Waals surface area (Å²) in [6.07, 6.45) is 1.02. The van der Waals surface area contributed by atoms with Crippen LogP contribution in [0.1, 0.15) is 11.1 Å². The Hall–Kier alpha value is -2.45. The topological polar surface area (TPSA) is 58.6 Å². The highest BCUT2D eigenvalue weighted by Crippen LogP contribution is 2.38. The van der Waals surface area contributed by atoms with Crippen LogP contribution in [0.15, 0.2) is 34.0 Å². The number of aliphatic imine (C=N–C) groups is 1. The van der Waals surface area contributed by atoms with Crippen LogP contribution >= 0.6 is 11.3 Å². The van der Waals surface area contributed by atoms with Crippen molar-refractivity contribution in [1.29, 1.82) is 0 Å². The van der Waals surface area contributed by atoms with Crippen LogP contribution in [0.25, 0.3) is 0 Å². The molecule has 1 aromatic carbocycles. The molecule has 0 radical (unpaired) electrons. The van der Waals surface area contributed by atoms with E-state index in [1.54, 1.807) is 32.7 Å². The molecule has 1 aromatic heterocycles. The van der Waals surface area contributed by atoms with Gasteiger partial charge >= 0.3 is 0 Å². The molecule has 30 heavy (non-hydrogen) atoms. The Morgan fingerprint density at radius 3 is 2.27 bits per heavy atom. The molecule has 0 atom stereocenters. The van der Waals surface area contributed by atoms with Crippen molar-refractivity contribution in [2.45, 2.75) is 13.0 Å². The molecule has 7 nitrogen and oxygen atoms in total. The van der Waals surface area contributed by atoms with Crippen molar-refractivity contribution in [1.82, 2.24) is 15.1 Å². The molecule has 164 valence electrons. The van der Waals surface area contributed by atoms with Gasteiger partial charge in [0.05, 0.1) is 21.3 Å². The molecule has 1 fully saturated rings. The Kier molecular flexibility index (Phi) is 8.21. The van der Waals surface area contributed by atoms with Gasteiger partial charge in [-0.05, 0) is 46.5 Å². The molecule has 2 heterocycles.